The number of hydrogen-bond acceptors (Lipinski definition) is 6. The Balaban J connectivity index is 1.49. The van der Waals surface area contributed by atoms with Gasteiger partial charge < -0.3 is 35.5 Å². The van der Waals surface area contributed by atoms with Gasteiger partial charge in [-0.15, -0.1) is 0 Å². The summed E-state index contributed by atoms with van der Waals surface area (Å²) >= 11 is 0. The van der Waals surface area contributed by atoms with Gasteiger partial charge >= 0.3 is 5.97 Å². The summed E-state index contributed by atoms with van der Waals surface area (Å²) in [7, 11) is 0. The van der Waals surface area contributed by atoms with Crippen molar-refractivity contribution >= 4 is 17.9 Å². The number of carbonyl (C=O) groups excluding carboxylic acids is 1. The van der Waals surface area contributed by atoms with Crippen LogP contribution in [0.15, 0.2) is 42.5 Å². The van der Waals surface area contributed by atoms with Gasteiger partial charge in [0.15, 0.2) is 11.9 Å². The number of hydrogen-bond donors (Lipinski definition) is 4. The molecule has 0 aliphatic carbocycles. The number of rotatable bonds is 7. The normalized spacial score (nSPS) is 18.1. The molecule has 0 amide bonds. The minimum Gasteiger partial charge on any atom is -0.489 e. The van der Waals surface area contributed by atoms with E-state index in [4.69, 9.17) is 36.5 Å². The Labute approximate surface area is 211 Å². The topological polar surface area (TPSA) is 151 Å². The average Bonchev–Trinajstić information content (AvgIpc) is 3.21. The molecule has 0 spiro atoms. The van der Waals surface area contributed by atoms with Crippen LogP contribution in [0.25, 0.3) is 0 Å². The van der Waals surface area contributed by atoms with Gasteiger partial charge in [-0.05, 0) is 55.2 Å². The van der Waals surface area contributed by atoms with Gasteiger partial charge in [0.25, 0.3) is 0 Å². The van der Waals surface area contributed by atoms with E-state index in [1.807, 2.05) is 35.2 Å². The first-order valence-electron chi connectivity index (χ1n) is 12.2. The monoisotopic (exact) mass is 494 g/mol. The highest BCUT2D eigenvalue weighted by Gasteiger charge is 2.27. The molecule has 0 saturated carbocycles. The highest BCUT2D eigenvalue weighted by atomic mass is 16.6. The lowest BCUT2D eigenvalue weighted by Gasteiger charge is -2.22. The molecule has 2 aliphatic heterocycles. The van der Waals surface area contributed by atoms with Gasteiger partial charge in [0, 0.05) is 31.6 Å². The SMILES string of the molecule is CCOC(=O)C(Oc1ccc2c(c1)CN(C(=N)N)CCC2)c1ccc(OC2CCN(C(=N)N)C2)cc1. The summed E-state index contributed by atoms with van der Waals surface area (Å²) < 4.78 is 17.5. The van der Waals surface area contributed by atoms with Crippen LogP contribution in [0, 0.1) is 10.8 Å². The molecule has 4 rings (SSSR count). The van der Waals surface area contributed by atoms with E-state index < -0.39 is 12.1 Å². The van der Waals surface area contributed by atoms with Gasteiger partial charge in [-0.3, -0.25) is 10.8 Å². The number of ether oxygens (including phenoxy) is 3. The van der Waals surface area contributed by atoms with E-state index in [0.717, 1.165) is 31.4 Å². The van der Waals surface area contributed by atoms with Crippen LogP contribution in [-0.4, -0.2) is 60.0 Å². The predicted molar refractivity (Wildman–Crippen MR) is 136 cm³/mol. The Hall–Kier alpha value is -3.95. The van der Waals surface area contributed by atoms with Gasteiger partial charge in [0.05, 0.1) is 13.2 Å². The molecular weight excluding hydrogens is 460 g/mol. The largest absolute Gasteiger partial charge is 0.489 e. The van der Waals surface area contributed by atoms with E-state index in [2.05, 4.69) is 0 Å². The summed E-state index contributed by atoms with van der Waals surface area (Å²) in [6.45, 7) is 4.53. The molecule has 0 bridgehead atoms. The second-order valence-corrected chi connectivity index (χ2v) is 9.02. The average molecular weight is 495 g/mol. The molecule has 1 saturated heterocycles. The van der Waals surface area contributed by atoms with Crippen molar-refractivity contribution in [2.45, 2.75) is 44.9 Å². The summed E-state index contributed by atoms with van der Waals surface area (Å²) in [5, 5.41) is 15.4. The fraction of sp³-hybridized carbons (Fsp3) is 0.423. The zero-order valence-electron chi connectivity index (χ0n) is 20.5. The highest BCUT2D eigenvalue weighted by molar-refractivity contribution is 5.77. The summed E-state index contributed by atoms with van der Waals surface area (Å²) in [5.41, 5.74) is 14.2. The molecule has 6 N–H and O–H groups in total. The molecule has 2 unspecified atom stereocenters. The summed E-state index contributed by atoms with van der Waals surface area (Å²) in [6.07, 6.45) is 1.61. The maximum atomic E-state index is 12.8. The molecule has 2 aliphatic rings. The van der Waals surface area contributed by atoms with Crippen LogP contribution in [0.2, 0.25) is 0 Å². The second kappa shape index (κ2) is 11.2. The molecule has 0 aromatic heterocycles. The molecule has 1 fully saturated rings. The number of likely N-dealkylation sites (tertiary alicyclic amines) is 1. The van der Waals surface area contributed by atoms with E-state index in [-0.39, 0.29) is 24.6 Å². The fourth-order valence-electron chi connectivity index (χ4n) is 4.58. The van der Waals surface area contributed by atoms with Gasteiger partial charge in [0.2, 0.25) is 6.10 Å². The van der Waals surface area contributed by atoms with Crippen molar-refractivity contribution in [2.75, 3.05) is 26.2 Å². The minimum absolute atomic E-state index is 0.0486. The lowest BCUT2D eigenvalue weighted by atomic mass is 10.0. The molecule has 2 heterocycles. The van der Waals surface area contributed by atoms with Crippen LogP contribution in [0.4, 0.5) is 0 Å². The van der Waals surface area contributed by atoms with E-state index >= 15 is 0 Å². The Morgan fingerprint density at radius 3 is 2.42 bits per heavy atom. The van der Waals surface area contributed by atoms with Crippen molar-refractivity contribution < 1.29 is 19.0 Å². The third kappa shape index (κ3) is 5.99. The molecule has 2 aromatic rings. The van der Waals surface area contributed by atoms with E-state index in [0.29, 0.717) is 36.7 Å². The molecule has 192 valence electrons. The number of carbonyl (C=O) groups is 1. The molecule has 10 heteroatoms. The standard InChI is InChI=1S/C26H34N6O4/c1-2-34-24(33)23(18-6-8-20(9-7-18)35-22-11-13-32(16-22)26(29)30)36-21-10-5-17-4-3-12-31(25(27)28)15-19(17)14-21/h5-10,14,22-23H,2-4,11-13,15-16H2,1H3,(H3,27,28)(H3,29,30). The molecule has 2 aromatic carbocycles. The quantitative estimate of drug-likeness (QED) is 0.260. The summed E-state index contributed by atoms with van der Waals surface area (Å²) in [6, 6.07) is 13.0. The number of nitrogens with zero attached hydrogens (tertiary/aromatic N) is 2. The summed E-state index contributed by atoms with van der Waals surface area (Å²) in [5.74, 6) is 0.850. The number of aryl methyl sites for hydroxylation is 1. The lowest BCUT2D eigenvalue weighted by molar-refractivity contribution is -0.151. The van der Waals surface area contributed by atoms with Crippen molar-refractivity contribution in [3.63, 3.8) is 0 Å². The molecule has 0 radical (unpaired) electrons. The third-order valence-electron chi connectivity index (χ3n) is 6.48. The van der Waals surface area contributed by atoms with Gasteiger partial charge in [0.1, 0.15) is 17.6 Å². The first-order valence-corrected chi connectivity index (χ1v) is 12.2. The Bertz CT molecular complexity index is 1110. The molecular formula is C26H34N6O4. The van der Waals surface area contributed by atoms with Crippen molar-refractivity contribution in [3.05, 3.63) is 59.2 Å². The maximum absolute atomic E-state index is 12.8. The molecule has 36 heavy (non-hydrogen) atoms. The van der Waals surface area contributed by atoms with Crippen LogP contribution in [-0.2, 0) is 22.5 Å². The first-order chi connectivity index (χ1) is 17.3. The van der Waals surface area contributed by atoms with Crippen LogP contribution in [0.5, 0.6) is 11.5 Å². The van der Waals surface area contributed by atoms with Crippen LogP contribution >= 0.6 is 0 Å². The summed E-state index contributed by atoms with van der Waals surface area (Å²) in [4.78, 5) is 16.4. The predicted octanol–water partition coefficient (Wildman–Crippen LogP) is 2.36. The van der Waals surface area contributed by atoms with Crippen molar-refractivity contribution in [2.24, 2.45) is 11.5 Å². The third-order valence-corrected chi connectivity index (χ3v) is 6.48. The smallest absolute Gasteiger partial charge is 0.352 e. The first kappa shape index (κ1) is 25.2. The zero-order valence-corrected chi connectivity index (χ0v) is 20.5. The van der Waals surface area contributed by atoms with Crippen LogP contribution < -0.4 is 20.9 Å². The fourth-order valence-corrected chi connectivity index (χ4v) is 4.58. The van der Waals surface area contributed by atoms with E-state index in [9.17, 15) is 4.79 Å². The second-order valence-electron chi connectivity index (χ2n) is 9.02. The van der Waals surface area contributed by atoms with E-state index in [1.54, 1.807) is 24.0 Å². The van der Waals surface area contributed by atoms with E-state index in [1.165, 1.54) is 5.56 Å². The Kier molecular flexibility index (Phi) is 7.82. The van der Waals surface area contributed by atoms with Crippen molar-refractivity contribution in [1.29, 1.82) is 10.8 Å². The number of esters is 1. The number of benzene rings is 2. The van der Waals surface area contributed by atoms with Gasteiger partial charge in [-0.25, -0.2) is 4.79 Å². The van der Waals surface area contributed by atoms with Crippen LogP contribution in [0.1, 0.15) is 42.6 Å². The van der Waals surface area contributed by atoms with Crippen molar-refractivity contribution in [3.8, 4) is 11.5 Å². The maximum Gasteiger partial charge on any atom is 0.352 e. The minimum atomic E-state index is -0.938. The Morgan fingerprint density at radius 1 is 1.03 bits per heavy atom. The number of nitrogens with one attached hydrogen (secondary N) is 2. The molecule has 2 atom stereocenters. The highest BCUT2D eigenvalue weighted by Crippen LogP contribution is 2.29. The number of guanidine groups is 2. The number of nitrogens with two attached hydrogens (primary N) is 2. The lowest BCUT2D eigenvalue weighted by Crippen LogP contribution is -2.35. The van der Waals surface area contributed by atoms with Gasteiger partial charge in [-0.2, -0.15) is 0 Å². The number of fused-ring (bicyclic) bond motifs is 1. The Morgan fingerprint density at radius 2 is 1.75 bits per heavy atom. The molecule has 10 nitrogen and oxygen atoms in total. The van der Waals surface area contributed by atoms with Crippen LogP contribution in [0.3, 0.4) is 0 Å². The van der Waals surface area contributed by atoms with Gasteiger partial charge in [-0.1, -0.05) is 18.2 Å². The van der Waals surface area contributed by atoms with Crippen molar-refractivity contribution in [1.82, 2.24) is 9.80 Å². The zero-order chi connectivity index (χ0) is 25.7.